The van der Waals surface area contributed by atoms with Gasteiger partial charge in [-0.2, -0.15) is 0 Å². The monoisotopic (exact) mass is 457 g/mol. The van der Waals surface area contributed by atoms with Gasteiger partial charge >= 0.3 is 12.1 Å². The topological polar surface area (TPSA) is 64.6 Å². The van der Waals surface area contributed by atoms with Gasteiger partial charge in [-0.05, 0) is 64.9 Å². The summed E-state index contributed by atoms with van der Waals surface area (Å²) in [7, 11) is 1.44. The van der Waals surface area contributed by atoms with Crippen molar-refractivity contribution in [1.82, 2.24) is 5.32 Å². The number of carbonyl (C=O) groups is 2. The van der Waals surface area contributed by atoms with Crippen LogP contribution in [-0.2, 0) is 14.3 Å². The third-order valence-corrected chi connectivity index (χ3v) is 5.10. The zero-order chi connectivity index (χ0) is 24.4. The Hall–Kier alpha value is -2.56. The van der Waals surface area contributed by atoms with E-state index in [2.05, 4.69) is 34.4 Å². The van der Waals surface area contributed by atoms with E-state index in [-0.39, 0.29) is 18.1 Å². The lowest BCUT2D eigenvalue weighted by molar-refractivity contribution is -0.140. The maximum absolute atomic E-state index is 12.2. The molecule has 1 N–H and O–H groups in total. The van der Waals surface area contributed by atoms with Gasteiger partial charge in [0.15, 0.2) is 0 Å². The van der Waals surface area contributed by atoms with Gasteiger partial charge in [0.25, 0.3) is 0 Å². The molecule has 1 rings (SSSR count). The molecule has 1 aromatic rings. The largest absolute Gasteiger partial charge is 0.469 e. The molecule has 0 heterocycles. The van der Waals surface area contributed by atoms with Gasteiger partial charge in [0.2, 0.25) is 0 Å². The molecule has 5 nitrogen and oxygen atoms in total. The molecule has 5 heteroatoms. The van der Waals surface area contributed by atoms with E-state index in [9.17, 15) is 9.59 Å². The van der Waals surface area contributed by atoms with Crippen LogP contribution in [-0.4, -0.2) is 24.8 Å². The molecule has 1 unspecified atom stereocenters. The molecular formula is C28H43NO4. The summed E-state index contributed by atoms with van der Waals surface area (Å²) in [6.07, 6.45) is 18.3. The zero-order valence-corrected chi connectivity index (χ0v) is 21.0. The van der Waals surface area contributed by atoms with Crippen molar-refractivity contribution in [3.8, 4) is 0 Å². The normalized spacial score (nSPS) is 12.7. The Balaban J connectivity index is 2.24. The molecule has 33 heavy (non-hydrogen) atoms. The Morgan fingerprint density at radius 1 is 0.909 bits per heavy atom. The lowest BCUT2D eigenvalue weighted by Gasteiger charge is -2.23. The number of alkyl carbamates (subject to hydrolysis) is 1. The summed E-state index contributed by atoms with van der Waals surface area (Å²) < 4.78 is 10.1. The fourth-order valence-corrected chi connectivity index (χ4v) is 3.39. The maximum Gasteiger partial charge on any atom is 0.408 e. The number of hydrogen-bond acceptors (Lipinski definition) is 4. The number of carbonyl (C=O) groups excluding carboxylic acids is 2. The van der Waals surface area contributed by atoms with E-state index in [1.54, 1.807) is 0 Å². The summed E-state index contributed by atoms with van der Waals surface area (Å²) in [5, 5.41) is 3.01. The van der Waals surface area contributed by atoms with Crippen molar-refractivity contribution in [3.63, 3.8) is 0 Å². The average Bonchev–Trinajstić information content (AvgIpc) is 2.77. The van der Waals surface area contributed by atoms with Crippen LogP contribution in [0.2, 0.25) is 0 Å². The van der Waals surface area contributed by atoms with Gasteiger partial charge in [-0.25, -0.2) is 4.79 Å². The number of hydrogen-bond donors (Lipinski definition) is 1. The first-order chi connectivity index (χ1) is 15.8. The molecule has 0 saturated heterocycles. The van der Waals surface area contributed by atoms with Gasteiger partial charge in [0, 0.05) is 6.42 Å². The van der Waals surface area contributed by atoms with Crippen molar-refractivity contribution in [3.05, 3.63) is 60.2 Å². The van der Waals surface area contributed by atoms with Crippen LogP contribution in [0.15, 0.2) is 54.6 Å². The van der Waals surface area contributed by atoms with Crippen molar-refractivity contribution in [2.45, 2.75) is 96.6 Å². The molecule has 0 bridgehead atoms. The number of amides is 1. The smallest absolute Gasteiger partial charge is 0.408 e. The molecular weight excluding hydrogens is 414 g/mol. The van der Waals surface area contributed by atoms with E-state index in [4.69, 9.17) is 4.74 Å². The Morgan fingerprint density at radius 3 is 2.21 bits per heavy atom. The van der Waals surface area contributed by atoms with Gasteiger partial charge in [-0.15, -0.1) is 0 Å². The van der Waals surface area contributed by atoms with Crippen molar-refractivity contribution in [2.24, 2.45) is 0 Å². The van der Waals surface area contributed by atoms with E-state index < -0.39 is 5.60 Å². The van der Waals surface area contributed by atoms with Crippen LogP contribution in [0.5, 0.6) is 0 Å². The summed E-state index contributed by atoms with van der Waals surface area (Å²) in [4.78, 5) is 23.3. The molecule has 1 amide bonds. The number of allylic oxidation sites excluding steroid dienone is 4. The van der Waals surface area contributed by atoms with Gasteiger partial charge < -0.3 is 14.8 Å². The predicted octanol–water partition coefficient (Wildman–Crippen LogP) is 7.44. The third-order valence-electron chi connectivity index (χ3n) is 5.10. The molecule has 0 fully saturated rings. The number of methoxy groups -OCH3 is 1. The minimum Gasteiger partial charge on any atom is -0.469 e. The second-order valence-corrected chi connectivity index (χ2v) is 9.25. The molecule has 0 aromatic heterocycles. The highest BCUT2D eigenvalue weighted by Gasteiger charge is 2.20. The van der Waals surface area contributed by atoms with Crippen molar-refractivity contribution >= 4 is 12.1 Å². The Bertz CT molecular complexity index is 719. The minimum absolute atomic E-state index is 0.0751. The molecule has 1 atom stereocenters. The lowest BCUT2D eigenvalue weighted by atomic mass is 10.0. The zero-order valence-electron chi connectivity index (χ0n) is 21.0. The van der Waals surface area contributed by atoms with Gasteiger partial charge in [0.05, 0.1) is 13.2 Å². The Kier molecular flexibility index (Phi) is 14.7. The standard InChI is InChI=1S/C28H43NO4/c1-28(2,3)33-27(31)29-25(24-20-16-15-17-21-24)22-18-13-11-9-7-5-6-8-10-12-14-19-23-26(30)32-4/h5,7,11,13,15-17,20-21,25H,6,8-10,12,14,18-19,22-23H2,1-4H3,(H,29,31)/b7-5+,13-11+. The highest BCUT2D eigenvalue weighted by atomic mass is 16.6. The van der Waals surface area contributed by atoms with E-state index in [0.29, 0.717) is 6.42 Å². The molecule has 0 aliphatic rings. The fourth-order valence-electron chi connectivity index (χ4n) is 3.39. The lowest BCUT2D eigenvalue weighted by Crippen LogP contribution is -2.35. The van der Waals surface area contributed by atoms with Crippen LogP contribution < -0.4 is 5.32 Å². The number of esters is 1. The highest BCUT2D eigenvalue weighted by molar-refractivity contribution is 5.69. The number of rotatable bonds is 15. The molecule has 0 aliphatic carbocycles. The summed E-state index contributed by atoms with van der Waals surface area (Å²) in [6, 6.07) is 9.95. The molecule has 0 aliphatic heterocycles. The molecule has 0 saturated carbocycles. The predicted molar refractivity (Wildman–Crippen MR) is 135 cm³/mol. The second kappa shape index (κ2) is 17.0. The molecule has 0 spiro atoms. The summed E-state index contributed by atoms with van der Waals surface area (Å²) >= 11 is 0. The van der Waals surface area contributed by atoms with Gasteiger partial charge in [-0.3, -0.25) is 4.79 Å². The number of ether oxygens (including phenoxy) is 2. The molecule has 184 valence electrons. The number of benzene rings is 1. The number of nitrogens with one attached hydrogen (secondary N) is 1. The van der Waals surface area contributed by atoms with Crippen LogP contribution in [0, 0.1) is 0 Å². The van der Waals surface area contributed by atoms with Crippen LogP contribution in [0.25, 0.3) is 0 Å². The Morgan fingerprint density at radius 2 is 1.55 bits per heavy atom. The summed E-state index contributed by atoms with van der Waals surface area (Å²) in [5.41, 5.74) is 0.573. The number of unbranched alkanes of at least 4 members (excludes halogenated alkanes) is 5. The highest BCUT2D eigenvalue weighted by Crippen LogP contribution is 2.20. The van der Waals surface area contributed by atoms with E-state index in [1.807, 2.05) is 51.1 Å². The first-order valence-electron chi connectivity index (χ1n) is 12.2. The minimum atomic E-state index is -0.512. The van der Waals surface area contributed by atoms with E-state index in [0.717, 1.165) is 44.1 Å². The van der Waals surface area contributed by atoms with Crippen LogP contribution in [0.3, 0.4) is 0 Å². The fraction of sp³-hybridized carbons (Fsp3) is 0.571. The summed E-state index contributed by atoms with van der Waals surface area (Å²) in [6.45, 7) is 5.61. The van der Waals surface area contributed by atoms with Gasteiger partial charge in [0.1, 0.15) is 5.60 Å². The molecule has 1 aromatic carbocycles. The van der Waals surface area contributed by atoms with Crippen molar-refractivity contribution < 1.29 is 19.1 Å². The average molecular weight is 458 g/mol. The SMILES string of the molecule is COC(=O)CCCCCCC/C=C/C/C=C/CCC(NC(=O)OC(C)(C)C)c1ccccc1. The van der Waals surface area contributed by atoms with Crippen molar-refractivity contribution in [1.29, 1.82) is 0 Å². The van der Waals surface area contributed by atoms with Crippen LogP contribution >= 0.6 is 0 Å². The quantitative estimate of drug-likeness (QED) is 0.169. The van der Waals surface area contributed by atoms with E-state index >= 15 is 0 Å². The maximum atomic E-state index is 12.2. The first-order valence-corrected chi connectivity index (χ1v) is 12.2. The molecule has 0 radical (unpaired) electrons. The van der Waals surface area contributed by atoms with E-state index in [1.165, 1.54) is 26.4 Å². The van der Waals surface area contributed by atoms with Gasteiger partial charge in [-0.1, -0.05) is 73.9 Å². The van der Waals surface area contributed by atoms with Crippen LogP contribution in [0.1, 0.15) is 96.6 Å². The third kappa shape index (κ3) is 15.8. The Labute approximate surface area is 200 Å². The first kappa shape index (κ1) is 28.5. The van der Waals surface area contributed by atoms with Crippen LogP contribution in [0.4, 0.5) is 4.79 Å². The van der Waals surface area contributed by atoms with Crippen molar-refractivity contribution in [2.75, 3.05) is 7.11 Å². The second-order valence-electron chi connectivity index (χ2n) is 9.25. The summed E-state index contributed by atoms with van der Waals surface area (Å²) in [5.74, 6) is -0.110.